The van der Waals surface area contributed by atoms with Crippen LogP contribution in [0.5, 0.6) is 11.5 Å². The van der Waals surface area contributed by atoms with Gasteiger partial charge < -0.3 is 20.6 Å². The first kappa shape index (κ1) is 12.9. The molecule has 18 heavy (non-hydrogen) atoms. The van der Waals surface area contributed by atoms with Crippen LogP contribution in [0.3, 0.4) is 0 Å². The summed E-state index contributed by atoms with van der Waals surface area (Å²) >= 11 is 1.55. The molecule has 0 spiro atoms. The van der Waals surface area contributed by atoms with Gasteiger partial charge in [-0.2, -0.15) is 11.3 Å². The van der Waals surface area contributed by atoms with Crippen LogP contribution in [-0.4, -0.2) is 21.9 Å². The SMILES string of the molecule is Oc1ccc(CNCC(O)c2ccsc2)cc1O. The van der Waals surface area contributed by atoms with E-state index in [2.05, 4.69) is 5.32 Å². The van der Waals surface area contributed by atoms with E-state index in [9.17, 15) is 15.3 Å². The third-order valence-electron chi connectivity index (χ3n) is 2.63. The van der Waals surface area contributed by atoms with E-state index >= 15 is 0 Å². The van der Waals surface area contributed by atoms with Crippen LogP contribution in [0.1, 0.15) is 17.2 Å². The second-order valence-corrected chi connectivity index (χ2v) is 4.81. The largest absolute Gasteiger partial charge is 0.504 e. The summed E-state index contributed by atoms with van der Waals surface area (Å²) in [5.41, 5.74) is 1.75. The molecule has 96 valence electrons. The van der Waals surface area contributed by atoms with Crippen LogP contribution >= 0.6 is 11.3 Å². The number of nitrogens with one attached hydrogen (secondary N) is 1. The molecule has 0 aliphatic carbocycles. The topological polar surface area (TPSA) is 72.7 Å². The van der Waals surface area contributed by atoms with Crippen molar-refractivity contribution in [2.45, 2.75) is 12.6 Å². The fraction of sp³-hybridized carbons (Fsp3) is 0.231. The lowest BCUT2D eigenvalue weighted by atomic mass is 10.1. The Labute approximate surface area is 109 Å². The molecule has 0 radical (unpaired) electrons. The second-order valence-electron chi connectivity index (χ2n) is 4.03. The van der Waals surface area contributed by atoms with Crippen molar-refractivity contribution in [1.29, 1.82) is 0 Å². The van der Waals surface area contributed by atoms with Gasteiger partial charge in [0.05, 0.1) is 6.10 Å². The molecule has 1 aromatic carbocycles. The zero-order valence-electron chi connectivity index (χ0n) is 9.71. The van der Waals surface area contributed by atoms with Crippen molar-refractivity contribution in [2.24, 2.45) is 0 Å². The third-order valence-corrected chi connectivity index (χ3v) is 3.34. The van der Waals surface area contributed by atoms with E-state index in [1.54, 1.807) is 17.4 Å². The molecule has 0 fully saturated rings. The summed E-state index contributed by atoms with van der Waals surface area (Å²) in [6.45, 7) is 0.966. The van der Waals surface area contributed by atoms with Gasteiger partial charge in [-0.15, -0.1) is 0 Å². The van der Waals surface area contributed by atoms with Gasteiger partial charge in [0.1, 0.15) is 0 Å². The molecule has 1 atom stereocenters. The molecule has 1 unspecified atom stereocenters. The molecule has 4 N–H and O–H groups in total. The highest BCUT2D eigenvalue weighted by Crippen LogP contribution is 2.24. The smallest absolute Gasteiger partial charge is 0.157 e. The van der Waals surface area contributed by atoms with E-state index in [4.69, 9.17) is 0 Å². The maximum absolute atomic E-state index is 9.84. The lowest BCUT2D eigenvalue weighted by Gasteiger charge is -2.10. The molecule has 0 aliphatic heterocycles. The van der Waals surface area contributed by atoms with Crippen molar-refractivity contribution in [3.05, 3.63) is 46.2 Å². The molecule has 0 saturated heterocycles. The van der Waals surface area contributed by atoms with Gasteiger partial charge in [0, 0.05) is 13.1 Å². The molecular weight excluding hydrogens is 250 g/mol. The third kappa shape index (κ3) is 3.22. The monoisotopic (exact) mass is 265 g/mol. The lowest BCUT2D eigenvalue weighted by molar-refractivity contribution is 0.175. The molecule has 4 nitrogen and oxygen atoms in total. The zero-order chi connectivity index (χ0) is 13.0. The Morgan fingerprint density at radius 2 is 2.00 bits per heavy atom. The molecule has 2 aromatic rings. The predicted octanol–water partition coefficient (Wildman–Crippen LogP) is 1.98. The molecular formula is C13H15NO3S. The summed E-state index contributed by atoms with van der Waals surface area (Å²) in [6, 6.07) is 6.56. The van der Waals surface area contributed by atoms with Crippen molar-refractivity contribution >= 4 is 11.3 Å². The molecule has 0 bridgehead atoms. The number of hydrogen-bond donors (Lipinski definition) is 4. The van der Waals surface area contributed by atoms with Gasteiger partial charge in [-0.05, 0) is 40.1 Å². The molecule has 1 aromatic heterocycles. The Bertz CT molecular complexity index is 499. The first-order chi connectivity index (χ1) is 8.66. The Balaban J connectivity index is 1.83. The fourth-order valence-corrected chi connectivity index (χ4v) is 2.32. The van der Waals surface area contributed by atoms with Crippen LogP contribution in [0.25, 0.3) is 0 Å². The van der Waals surface area contributed by atoms with Crippen LogP contribution in [0, 0.1) is 0 Å². The van der Waals surface area contributed by atoms with E-state index in [1.165, 1.54) is 12.1 Å². The predicted molar refractivity (Wildman–Crippen MR) is 70.8 cm³/mol. The van der Waals surface area contributed by atoms with Gasteiger partial charge in [-0.1, -0.05) is 6.07 Å². The second kappa shape index (κ2) is 5.86. The van der Waals surface area contributed by atoms with Crippen molar-refractivity contribution in [1.82, 2.24) is 5.32 Å². The van der Waals surface area contributed by atoms with Crippen molar-refractivity contribution in [3.63, 3.8) is 0 Å². The summed E-state index contributed by atoms with van der Waals surface area (Å²) in [7, 11) is 0. The average Bonchev–Trinajstić information content (AvgIpc) is 2.87. The maximum atomic E-state index is 9.84. The maximum Gasteiger partial charge on any atom is 0.157 e. The minimum absolute atomic E-state index is 0.128. The normalized spacial score (nSPS) is 12.5. The summed E-state index contributed by atoms with van der Waals surface area (Å²) in [5.74, 6) is -0.259. The van der Waals surface area contributed by atoms with Crippen LogP contribution in [0.15, 0.2) is 35.0 Å². The fourth-order valence-electron chi connectivity index (χ4n) is 1.61. The van der Waals surface area contributed by atoms with E-state index in [-0.39, 0.29) is 11.5 Å². The Kier molecular flexibility index (Phi) is 4.19. The number of thiophene rings is 1. The van der Waals surface area contributed by atoms with Gasteiger partial charge >= 0.3 is 0 Å². The van der Waals surface area contributed by atoms with Gasteiger partial charge in [-0.3, -0.25) is 0 Å². The van der Waals surface area contributed by atoms with E-state index in [0.29, 0.717) is 13.1 Å². The van der Waals surface area contributed by atoms with Crippen molar-refractivity contribution < 1.29 is 15.3 Å². The summed E-state index contributed by atoms with van der Waals surface area (Å²) in [6.07, 6.45) is -0.526. The number of phenols is 2. The molecule has 2 rings (SSSR count). The van der Waals surface area contributed by atoms with E-state index < -0.39 is 6.10 Å². The Morgan fingerprint density at radius 1 is 1.17 bits per heavy atom. The van der Waals surface area contributed by atoms with Crippen molar-refractivity contribution in [2.75, 3.05) is 6.54 Å². The summed E-state index contributed by atoms with van der Waals surface area (Å²) < 4.78 is 0. The molecule has 0 saturated carbocycles. The standard InChI is InChI=1S/C13H15NO3S/c15-11-2-1-9(5-12(11)16)6-14-7-13(17)10-3-4-18-8-10/h1-5,8,13-17H,6-7H2. The van der Waals surface area contributed by atoms with E-state index in [1.807, 2.05) is 16.8 Å². The van der Waals surface area contributed by atoms with Gasteiger partial charge in [0.2, 0.25) is 0 Å². The minimum Gasteiger partial charge on any atom is -0.504 e. The molecule has 5 heteroatoms. The van der Waals surface area contributed by atoms with Crippen LogP contribution < -0.4 is 5.32 Å². The van der Waals surface area contributed by atoms with Crippen molar-refractivity contribution in [3.8, 4) is 11.5 Å². The molecule has 1 heterocycles. The minimum atomic E-state index is -0.526. The first-order valence-corrected chi connectivity index (χ1v) is 6.53. The number of rotatable bonds is 5. The Morgan fingerprint density at radius 3 is 2.67 bits per heavy atom. The number of aliphatic hydroxyl groups is 1. The lowest BCUT2D eigenvalue weighted by Crippen LogP contribution is -2.20. The first-order valence-electron chi connectivity index (χ1n) is 5.58. The number of aromatic hydroxyl groups is 2. The van der Waals surface area contributed by atoms with Crippen LogP contribution in [0.2, 0.25) is 0 Å². The number of aliphatic hydroxyl groups excluding tert-OH is 1. The number of benzene rings is 1. The molecule has 0 aliphatic rings. The highest BCUT2D eigenvalue weighted by Gasteiger charge is 2.07. The molecule has 0 amide bonds. The summed E-state index contributed by atoms with van der Waals surface area (Å²) in [5, 5.41) is 35.3. The summed E-state index contributed by atoms with van der Waals surface area (Å²) in [4.78, 5) is 0. The van der Waals surface area contributed by atoms with Gasteiger partial charge in [0.25, 0.3) is 0 Å². The van der Waals surface area contributed by atoms with E-state index in [0.717, 1.165) is 11.1 Å². The Hall–Kier alpha value is -1.56. The quantitative estimate of drug-likeness (QED) is 0.624. The zero-order valence-corrected chi connectivity index (χ0v) is 10.5. The highest BCUT2D eigenvalue weighted by molar-refractivity contribution is 7.07. The van der Waals surface area contributed by atoms with Crippen LogP contribution in [0.4, 0.5) is 0 Å². The van der Waals surface area contributed by atoms with Gasteiger partial charge in [0.15, 0.2) is 11.5 Å². The number of phenolic OH excluding ortho intramolecular Hbond substituents is 2. The highest BCUT2D eigenvalue weighted by atomic mass is 32.1. The van der Waals surface area contributed by atoms with Gasteiger partial charge in [-0.25, -0.2) is 0 Å². The average molecular weight is 265 g/mol. The van der Waals surface area contributed by atoms with Crippen LogP contribution in [-0.2, 0) is 6.54 Å². The number of hydrogen-bond acceptors (Lipinski definition) is 5.